The van der Waals surface area contributed by atoms with E-state index in [0.29, 0.717) is 0 Å². The molecule has 0 aliphatic heterocycles. The first-order valence-corrected chi connectivity index (χ1v) is 4.96. The minimum absolute atomic E-state index is 0.0509. The molecule has 1 N–H and O–H groups in total. The molecule has 6 heteroatoms. The lowest BCUT2D eigenvalue weighted by atomic mass is 10.1. The van der Waals surface area contributed by atoms with E-state index in [1.807, 2.05) is 0 Å². The number of benzene rings is 1. The van der Waals surface area contributed by atoms with Gasteiger partial charge in [-0.3, -0.25) is 4.79 Å². The van der Waals surface area contributed by atoms with E-state index in [4.69, 9.17) is 5.11 Å². The van der Waals surface area contributed by atoms with E-state index in [0.717, 1.165) is 6.07 Å². The van der Waals surface area contributed by atoms with E-state index in [1.165, 1.54) is 34.7 Å². The highest BCUT2D eigenvalue weighted by atomic mass is 127. The molecule has 0 fully saturated rings. The summed E-state index contributed by atoms with van der Waals surface area (Å²) >= 11 is 1.52. The summed E-state index contributed by atoms with van der Waals surface area (Å²) in [6, 6.07) is 3.53. The molecule has 0 spiro atoms. The Kier molecular flexibility index (Phi) is 3.58. The Morgan fingerprint density at radius 2 is 2.00 bits per heavy atom. The van der Waals surface area contributed by atoms with E-state index in [2.05, 4.69) is 0 Å². The Morgan fingerprint density at radius 1 is 1.40 bits per heavy atom. The predicted molar refractivity (Wildman–Crippen MR) is 55.5 cm³/mol. The third-order valence-electron chi connectivity index (χ3n) is 1.73. The maximum Gasteiger partial charge on any atom is 0.417 e. The fourth-order valence-electron chi connectivity index (χ4n) is 1.10. The van der Waals surface area contributed by atoms with Crippen molar-refractivity contribution in [3.63, 3.8) is 0 Å². The van der Waals surface area contributed by atoms with Gasteiger partial charge in [-0.1, -0.05) is 12.1 Å². The maximum atomic E-state index is 12.4. The number of hydrogen-bond donors (Lipinski definition) is 1. The minimum atomic E-state index is -4.44. The normalized spacial score (nSPS) is 11.5. The number of hydrogen-bond acceptors (Lipinski definition) is 1. The first-order chi connectivity index (χ1) is 6.82. The molecule has 0 aromatic heterocycles. The summed E-state index contributed by atoms with van der Waals surface area (Å²) in [5, 5.41) is 8.50. The molecule has 1 rings (SSSR count). The van der Waals surface area contributed by atoms with Gasteiger partial charge in [0.05, 0.1) is 12.0 Å². The van der Waals surface area contributed by atoms with Gasteiger partial charge in [0.2, 0.25) is 0 Å². The molecule has 2 nitrogen and oxygen atoms in total. The van der Waals surface area contributed by atoms with Crippen LogP contribution in [0.5, 0.6) is 0 Å². The topological polar surface area (TPSA) is 37.3 Å². The Morgan fingerprint density at radius 3 is 2.47 bits per heavy atom. The lowest BCUT2D eigenvalue weighted by Gasteiger charge is -2.11. The smallest absolute Gasteiger partial charge is 0.417 e. The number of carboxylic acid groups (broad SMARTS) is 1. The van der Waals surface area contributed by atoms with Crippen molar-refractivity contribution in [3.05, 3.63) is 32.9 Å². The number of rotatable bonds is 2. The minimum Gasteiger partial charge on any atom is -0.481 e. The van der Waals surface area contributed by atoms with Crippen LogP contribution in [0.4, 0.5) is 13.2 Å². The molecule has 0 aliphatic rings. The van der Waals surface area contributed by atoms with E-state index in [9.17, 15) is 18.0 Å². The third-order valence-corrected chi connectivity index (χ3v) is 3.00. The van der Waals surface area contributed by atoms with Gasteiger partial charge in [-0.25, -0.2) is 0 Å². The molecular formula is C9H6F3IO2. The molecule has 0 bridgehead atoms. The van der Waals surface area contributed by atoms with Gasteiger partial charge in [-0.05, 0) is 34.2 Å². The molecule has 0 saturated heterocycles. The summed E-state index contributed by atoms with van der Waals surface area (Å²) in [4.78, 5) is 10.4. The monoisotopic (exact) mass is 330 g/mol. The summed E-state index contributed by atoms with van der Waals surface area (Å²) in [7, 11) is 0. The second kappa shape index (κ2) is 4.38. The van der Waals surface area contributed by atoms with Crippen molar-refractivity contribution in [2.45, 2.75) is 12.6 Å². The molecule has 1 aromatic carbocycles. The summed E-state index contributed by atoms with van der Waals surface area (Å²) in [6.07, 6.45) is -4.84. The summed E-state index contributed by atoms with van der Waals surface area (Å²) < 4.78 is 37.2. The van der Waals surface area contributed by atoms with Gasteiger partial charge in [-0.15, -0.1) is 0 Å². The molecule has 1 aromatic rings. The zero-order chi connectivity index (χ0) is 11.6. The van der Waals surface area contributed by atoms with Crippen LogP contribution in [0.2, 0.25) is 0 Å². The second-order valence-corrected chi connectivity index (χ2v) is 3.93. The van der Waals surface area contributed by atoms with Crippen LogP contribution in [-0.2, 0) is 17.4 Å². The van der Waals surface area contributed by atoms with Gasteiger partial charge in [0.25, 0.3) is 0 Å². The molecule has 0 aliphatic carbocycles. The van der Waals surface area contributed by atoms with Crippen LogP contribution in [0.3, 0.4) is 0 Å². The van der Waals surface area contributed by atoms with Crippen molar-refractivity contribution < 1.29 is 23.1 Å². The quantitative estimate of drug-likeness (QED) is 0.847. The molecular weight excluding hydrogens is 324 g/mol. The Labute approximate surface area is 97.2 Å². The second-order valence-electron chi connectivity index (χ2n) is 2.85. The highest BCUT2D eigenvalue weighted by Crippen LogP contribution is 2.34. The fraction of sp³-hybridized carbons (Fsp3) is 0.222. The molecule has 0 unspecified atom stereocenters. The van der Waals surface area contributed by atoms with Gasteiger partial charge >= 0.3 is 12.1 Å². The summed E-state index contributed by atoms with van der Waals surface area (Å²) in [6.45, 7) is 0. The van der Waals surface area contributed by atoms with Gasteiger partial charge in [0.1, 0.15) is 0 Å². The van der Waals surface area contributed by atoms with Crippen molar-refractivity contribution in [2.24, 2.45) is 0 Å². The van der Waals surface area contributed by atoms with Crippen molar-refractivity contribution in [1.29, 1.82) is 0 Å². The van der Waals surface area contributed by atoms with E-state index < -0.39 is 24.1 Å². The third kappa shape index (κ3) is 3.08. The van der Waals surface area contributed by atoms with Crippen molar-refractivity contribution in [1.82, 2.24) is 0 Å². The summed E-state index contributed by atoms with van der Waals surface area (Å²) in [5.74, 6) is -1.15. The van der Waals surface area contributed by atoms with Gasteiger partial charge in [0.15, 0.2) is 0 Å². The lowest BCUT2D eigenvalue weighted by Crippen LogP contribution is -2.11. The Bertz CT molecular complexity index is 387. The van der Waals surface area contributed by atoms with Gasteiger partial charge < -0.3 is 5.11 Å². The van der Waals surface area contributed by atoms with Gasteiger partial charge in [-0.2, -0.15) is 13.2 Å². The number of carboxylic acids is 1. The molecule has 0 amide bonds. The maximum absolute atomic E-state index is 12.4. The van der Waals surface area contributed by atoms with Gasteiger partial charge in [0, 0.05) is 3.57 Å². The SMILES string of the molecule is O=C(O)Cc1cccc(C(F)(F)F)c1I. The van der Waals surface area contributed by atoms with Crippen LogP contribution in [-0.4, -0.2) is 11.1 Å². The van der Waals surface area contributed by atoms with E-state index in [-0.39, 0.29) is 9.13 Å². The molecule has 0 heterocycles. The number of halogens is 4. The van der Waals surface area contributed by atoms with Crippen molar-refractivity contribution >= 4 is 28.6 Å². The van der Waals surface area contributed by atoms with Crippen LogP contribution in [0.15, 0.2) is 18.2 Å². The Hall–Kier alpha value is -0.790. The highest BCUT2D eigenvalue weighted by molar-refractivity contribution is 14.1. The van der Waals surface area contributed by atoms with Crippen LogP contribution < -0.4 is 0 Å². The highest BCUT2D eigenvalue weighted by Gasteiger charge is 2.33. The molecule has 15 heavy (non-hydrogen) atoms. The average molecular weight is 330 g/mol. The van der Waals surface area contributed by atoms with Crippen molar-refractivity contribution in [2.75, 3.05) is 0 Å². The first kappa shape index (κ1) is 12.3. The number of alkyl halides is 3. The largest absolute Gasteiger partial charge is 0.481 e. The molecule has 0 atom stereocenters. The predicted octanol–water partition coefficient (Wildman–Crippen LogP) is 2.94. The standard InChI is InChI=1S/C9H6F3IO2/c10-9(11,12)6-3-1-2-5(8(6)13)4-7(14)15/h1-3H,4H2,(H,14,15). The summed E-state index contributed by atoms with van der Waals surface area (Å²) in [5.41, 5.74) is -0.611. The van der Waals surface area contributed by atoms with E-state index >= 15 is 0 Å². The first-order valence-electron chi connectivity index (χ1n) is 3.88. The van der Waals surface area contributed by atoms with Crippen molar-refractivity contribution in [3.8, 4) is 0 Å². The average Bonchev–Trinajstić information content (AvgIpc) is 2.05. The van der Waals surface area contributed by atoms with E-state index in [1.54, 1.807) is 0 Å². The molecule has 82 valence electrons. The lowest BCUT2D eigenvalue weighted by molar-refractivity contribution is -0.139. The van der Waals surface area contributed by atoms with Crippen LogP contribution >= 0.6 is 22.6 Å². The Balaban J connectivity index is 3.17. The van der Waals surface area contributed by atoms with Crippen LogP contribution in [0.1, 0.15) is 11.1 Å². The zero-order valence-corrected chi connectivity index (χ0v) is 9.46. The molecule has 0 radical (unpaired) electrons. The fourth-order valence-corrected chi connectivity index (χ4v) is 1.95. The number of aliphatic carboxylic acids is 1. The zero-order valence-electron chi connectivity index (χ0n) is 7.31. The van der Waals surface area contributed by atoms with Crippen LogP contribution in [0.25, 0.3) is 0 Å². The number of carbonyl (C=O) groups is 1. The molecule has 0 saturated carbocycles. The van der Waals surface area contributed by atoms with Crippen LogP contribution in [0, 0.1) is 3.57 Å².